The SMILES string of the molecule is CC(C)(C)OC(=O)N1Cc2c(cnn2S(C)(=O)=O)[C@@H]1C(=O)OCc1ccccc1. The standard InChI is InChI=1S/C19H23N3O6S/c1-19(2,3)28-18(24)21-11-15-14(10-20-22(15)29(4,25)26)16(21)17(23)27-12-13-8-6-5-7-9-13/h5-10,16H,11-12H2,1-4H3/t16-/m1/s1. The van der Waals surface area contributed by atoms with Crippen LogP contribution in [-0.4, -0.2) is 46.4 Å². The van der Waals surface area contributed by atoms with Crippen LogP contribution in [0.25, 0.3) is 0 Å². The van der Waals surface area contributed by atoms with E-state index in [1.807, 2.05) is 18.2 Å². The Bertz CT molecular complexity index is 1020. The topological polar surface area (TPSA) is 108 Å². The molecule has 0 saturated carbocycles. The van der Waals surface area contributed by atoms with E-state index in [9.17, 15) is 18.0 Å². The molecule has 2 heterocycles. The minimum absolute atomic E-state index is 0.0217. The number of carbonyl (C=O) groups excluding carboxylic acids is 2. The lowest BCUT2D eigenvalue weighted by molar-refractivity contribution is -0.151. The Morgan fingerprint density at radius 3 is 2.45 bits per heavy atom. The van der Waals surface area contributed by atoms with Gasteiger partial charge in [0, 0.05) is 5.56 Å². The maximum atomic E-state index is 12.9. The monoisotopic (exact) mass is 421 g/mol. The van der Waals surface area contributed by atoms with Gasteiger partial charge in [0.1, 0.15) is 12.2 Å². The minimum Gasteiger partial charge on any atom is -0.459 e. The summed E-state index contributed by atoms with van der Waals surface area (Å²) in [6.07, 6.45) is 1.53. The molecule has 156 valence electrons. The maximum Gasteiger partial charge on any atom is 0.411 e. The Morgan fingerprint density at radius 1 is 1.21 bits per heavy atom. The van der Waals surface area contributed by atoms with Gasteiger partial charge < -0.3 is 9.47 Å². The fraction of sp³-hybridized carbons (Fsp3) is 0.421. The predicted molar refractivity (Wildman–Crippen MR) is 103 cm³/mol. The third-order valence-electron chi connectivity index (χ3n) is 4.18. The van der Waals surface area contributed by atoms with E-state index in [1.54, 1.807) is 32.9 Å². The first-order chi connectivity index (χ1) is 13.5. The van der Waals surface area contributed by atoms with Crippen molar-refractivity contribution in [2.24, 2.45) is 0 Å². The van der Waals surface area contributed by atoms with Crippen LogP contribution in [0, 0.1) is 0 Å². The predicted octanol–water partition coefficient (Wildman–Crippen LogP) is 2.23. The molecule has 0 spiro atoms. The Hall–Kier alpha value is -2.88. The maximum absolute atomic E-state index is 12.9. The van der Waals surface area contributed by atoms with Crippen LogP contribution in [0.3, 0.4) is 0 Å². The molecule has 0 aliphatic carbocycles. The molecule has 1 aromatic carbocycles. The summed E-state index contributed by atoms with van der Waals surface area (Å²) in [6.45, 7) is 5.00. The van der Waals surface area contributed by atoms with Crippen LogP contribution in [0.15, 0.2) is 36.5 Å². The van der Waals surface area contributed by atoms with Crippen LogP contribution >= 0.6 is 0 Å². The van der Waals surface area contributed by atoms with Crippen LogP contribution in [0.4, 0.5) is 4.79 Å². The van der Waals surface area contributed by atoms with Crippen molar-refractivity contribution in [1.29, 1.82) is 0 Å². The number of fused-ring (bicyclic) bond motifs is 1. The molecule has 1 aromatic heterocycles. The molecule has 1 aliphatic heterocycles. The quantitative estimate of drug-likeness (QED) is 0.697. The molecule has 0 fully saturated rings. The summed E-state index contributed by atoms with van der Waals surface area (Å²) < 4.78 is 35.6. The van der Waals surface area contributed by atoms with Gasteiger partial charge in [0.15, 0.2) is 6.04 Å². The van der Waals surface area contributed by atoms with E-state index < -0.39 is 33.7 Å². The molecule has 0 bridgehead atoms. The number of benzene rings is 1. The summed E-state index contributed by atoms with van der Waals surface area (Å²) in [5.41, 5.74) is 0.543. The molecule has 10 heteroatoms. The van der Waals surface area contributed by atoms with Crippen LogP contribution in [-0.2, 0) is 37.4 Å². The molecular formula is C19H23N3O6S. The minimum atomic E-state index is -3.70. The summed E-state index contributed by atoms with van der Waals surface area (Å²) >= 11 is 0. The first-order valence-electron chi connectivity index (χ1n) is 8.95. The third kappa shape index (κ3) is 4.58. The lowest BCUT2D eigenvalue weighted by atomic mass is 10.1. The van der Waals surface area contributed by atoms with Gasteiger partial charge in [-0.1, -0.05) is 30.3 Å². The zero-order chi connectivity index (χ0) is 21.4. The van der Waals surface area contributed by atoms with Gasteiger partial charge in [0.25, 0.3) is 10.0 Å². The van der Waals surface area contributed by atoms with Gasteiger partial charge in [-0.05, 0) is 26.3 Å². The second kappa shape index (κ2) is 7.51. The largest absolute Gasteiger partial charge is 0.459 e. The zero-order valence-electron chi connectivity index (χ0n) is 16.7. The normalized spacial score (nSPS) is 16.4. The van der Waals surface area contributed by atoms with Crippen LogP contribution in [0.5, 0.6) is 0 Å². The Balaban J connectivity index is 1.90. The number of amides is 1. The molecule has 1 aliphatic rings. The van der Waals surface area contributed by atoms with Gasteiger partial charge in [0.2, 0.25) is 0 Å². The summed E-state index contributed by atoms with van der Waals surface area (Å²) in [5.74, 6) is -0.688. The van der Waals surface area contributed by atoms with Crippen molar-refractivity contribution in [3.63, 3.8) is 0 Å². The number of esters is 1. The number of hydrogen-bond donors (Lipinski definition) is 0. The third-order valence-corrected chi connectivity index (χ3v) is 5.12. The highest BCUT2D eigenvalue weighted by Crippen LogP contribution is 2.36. The van der Waals surface area contributed by atoms with Crippen LogP contribution in [0.2, 0.25) is 0 Å². The molecule has 0 N–H and O–H groups in total. The van der Waals surface area contributed by atoms with Crippen molar-refractivity contribution in [2.75, 3.05) is 6.26 Å². The van der Waals surface area contributed by atoms with E-state index in [1.165, 1.54) is 6.20 Å². The molecule has 3 rings (SSSR count). The first kappa shape index (κ1) is 20.8. The van der Waals surface area contributed by atoms with Gasteiger partial charge in [-0.3, -0.25) is 4.90 Å². The second-order valence-electron chi connectivity index (χ2n) is 7.76. The Kier molecular flexibility index (Phi) is 5.40. The highest BCUT2D eigenvalue weighted by Gasteiger charge is 2.44. The van der Waals surface area contributed by atoms with Crippen molar-refractivity contribution >= 4 is 22.1 Å². The fourth-order valence-corrected chi connectivity index (χ4v) is 3.79. The van der Waals surface area contributed by atoms with Gasteiger partial charge >= 0.3 is 12.1 Å². The molecule has 1 amide bonds. The number of rotatable bonds is 4. The van der Waals surface area contributed by atoms with Crippen molar-refractivity contribution in [2.45, 2.75) is 45.6 Å². The molecule has 29 heavy (non-hydrogen) atoms. The van der Waals surface area contributed by atoms with Crippen molar-refractivity contribution < 1.29 is 27.5 Å². The first-order valence-corrected chi connectivity index (χ1v) is 10.8. The van der Waals surface area contributed by atoms with Gasteiger partial charge in [0.05, 0.1) is 24.7 Å². The molecule has 0 radical (unpaired) electrons. The summed E-state index contributed by atoms with van der Waals surface area (Å²) in [4.78, 5) is 26.7. The summed E-state index contributed by atoms with van der Waals surface area (Å²) in [7, 11) is -3.70. The smallest absolute Gasteiger partial charge is 0.411 e. The van der Waals surface area contributed by atoms with E-state index >= 15 is 0 Å². The summed E-state index contributed by atoms with van der Waals surface area (Å²) in [6, 6.07) is 7.96. The van der Waals surface area contributed by atoms with Gasteiger partial charge in [-0.2, -0.15) is 9.19 Å². The second-order valence-corrected chi connectivity index (χ2v) is 9.57. The highest BCUT2D eigenvalue weighted by molar-refractivity contribution is 7.89. The molecule has 1 atom stereocenters. The van der Waals surface area contributed by atoms with E-state index in [0.717, 1.165) is 20.8 Å². The van der Waals surface area contributed by atoms with Crippen LogP contribution in [0.1, 0.15) is 43.6 Å². The number of carbonyl (C=O) groups is 2. The van der Waals surface area contributed by atoms with Crippen molar-refractivity contribution in [3.8, 4) is 0 Å². The van der Waals surface area contributed by atoms with Gasteiger partial charge in [-0.25, -0.2) is 18.0 Å². The Morgan fingerprint density at radius 2 is 1.86 bits per heavy atom. The van der Waals surface area contributed by atoms with Crippen molar-refractivity contribution in [1.82, 2.24) is 14.1 Å². The van der Waals surface area contributed by atoms with E-state index in [2.05, 4.69) is 5.10 Å². The van der Waals surface area contributed by atoms with E-state index in [-0.39, 0.29) is 18.8 Å². The Labute approximate surface area is 169 Å². The fourth-order valence-electron chi connectivity index (χ4n) is 3.01. The number of nitrogens with zero attached hydrogens (tertiary/aromatic N) is 3. The molecular weight excluding hydrogens is 398 g/mol. The van der Waals surface area contributed by atoms with Gasteiger partial charge in [-0.15, -0.1) is 0 Å². The molecule has 0 saturated heterocycles. The molecule has 9 nitrogen and oxygen atoms in total. The zero-order valence-corrected chi connectivity index (χ0v) is 17.5. The highest BCUT2D eigenvalue weighted by atomic mass is 32.2. The molecule has 0 unspecified atom stereocenters. The molecule has 2 aromatic rings. The average Bonchev–Trinajstić information content (AvgIpc) is 3.17. The number of aromatic nitrogens is 2. The van der Waals surface area contributed by atoms with E-state index in [4.69, 9.17) is 9.47 Å². The van der Waals surface area contributed by atoms with Crippen LogP contribution < -0.4 is 0 Å². The lowest BCUT2D eigenvalue weighted by Crippen LogP contribution is -2.39. The summed E-state index contributed by atoms with van der Waals surface area (Å²) in [5, 5.41) is 3.87. The van der Waals surface area contributed by atoms with Crippen molar-refractivity contribution in [3.05, 3.63) is 53.3 Å². The average molecular weight is 421 g/mol. The lowest BCUT2D eigenvalue weighted by Gasteiger charge is -2.27. The van der Waals surface area contributed by atoms with E-state index in [0.29, 0.717) is 5.56 Å². The number of hydrogen-bond acceptors (Lipinski definition) is 7. The number of ether oxygens (including phenoxy) is 2.